The van der Waals surface area contributed by atoms with Gasteiger partial charge in [0, 0.05) is 37.9 Å². The van der Waals surface area contributed by atoms with Gasteiger partial charge in [-0.25, -0.2) is 0 Å². The smallest absolute Gasteiger partial charge is 0.121 e. The standard InChI is InChI=1S/C28H24NO.C11H8N.Ir/c1-17-7-9-23-24-13-18(2)14-25(28(24)30-26(23)15-17)27-22-10-8-20(19-5-3-4-6-19)16-21(22)11-12-29-27;1-2-6-10(7-3-1)11-8-4-5-9-12-11;/h7-13,15-16,19H,3-6H2,1-2H3;1-6,8-9H;/q2*-1;. The van der Waals surface area contributed by atoms with Crippen LogP contribution in [0.4, 0.5) is 0 Å². The Balaban J connectivity index is 0.000000213. The molecule has 4 heteroatoms. The third-order valence-electron chi connectivity index (χ3n) is 8.30. The van der Waals surface area contributed by atoms with E-state index in [-0.39, 0.29) is 20.1 Å². The van der Waals surface area contributed by atoms with E-state index in [1.54, 1.807) is 6.20 Å². The number of aryl methyl sites for hydroxylation is 2. The summed E-state index contributed by atoms with van der Waals surface area (Å²) in [5, 5.41) is 4.70. The first-order valence-electron chi connectivity index (χ1n) is 14.8. The Bertz CT molecular complexity index is 1970. The molecule has 0 spiro atoms. The molecule has 3 heterocycles. The Morgan fingerprint density at radius 2 is 1.60 bits per heavy atom. The fraction of sp³-hybridized carbons (Fsp3) is 0.179. The van der Waals surface area contributed by atoms with Crippen molar-refractivity contribution in [3.8, 4) is 22.5 Å². The molecule has 43 heavy (non-hydrogen) atoms. The summed E-state index contributed by atoms with van der Waals surface area (Å²) in [5.74, 6) is 0.710. The summed E-state index contributed by atoms with van der Waals surface area (Å²) in [4.78, 5) is 9.01. The molecule has 0 N–H and O–H groups in total. The molecule has 1 aliphatic carbocycles. The predicted molar refractivity (Wildman–Crippen MR) is 172 cm³/mol. The summed E-state index contributed by atoms with van der Waals surface area (Å²) in [5.41, 5.74) is 9.49. The molecule has 0 unspecified atom stereocenters. The second-order valence-corrected chi connectivity index (χ2v) is 11.3. The minimum Gasteiger partial charge on any atom is -0.501 e. The molecule has 0 atom stereocenters. The van der Waals surface area contributed by atoms with Gasteiger partial charge in [0.1, 0.15) is 5.58 Å². The van der Waals surface area contributed by atoms with Crippen molar-refractivity contribution in [3.05, 3.63) is 132 Å². The van der Waals surface area contributed by atoms with Crippen LogP contribution in [0.15, 0.2) is 108 Å². The van der Waals surface area contributed by atoms with Crippen molar-refractivity contribution in [2.45, 2.75) is 45.4 Å². The van der Waals surface area contributed by atoms with Gasteiger partial charge in [0.05, 0.1) is 5.58 Å². The molecule has 0 saturated heterocycles. The quantitative estimate of drug-likeness (QED) is 0.170. The third-order valence-corrected chi connectivity index (χ3v) is 8.30. The van der Waals surface area contributed by atoms with Crippen molar-refractivity contribution in [2.75, 3.05) is 0 Å². The first-order valence-corrected chi connectivity index (χ1v) is 14.8. The molecular formula is C39H32IrN2O-2. The molecule has 3 nitrogen and oxygen atoms in total. The average molecular weight is 737 g/mol. The first-order chi connectivity index (χ1) is 20.6. The van der Waals surface area contributed by atoms with Crippen LogP contribution in [0.25, 0.3) is 55.2 Å². The van der Waals surface area contributed by atoms with Crippen LogP contribution in [-0.4, -0.2) is 9.97 Å². The van der Waals surface area contributed by atoms with Crippen LogP contribution in [0.3, 0.4) is 0 Å². The molecule has 8 rings (SSSR count). The van der Waals surface area contributed by atoms with Crippen molar-refractivity contribution in [1.82, 2.24) is 9.97 Å². The summed E-state index contributed by atoms with van der Waals surface area (Å²) in [6.45, 7) is 4.19. The zero-order valence-electron chi connectivity index (χ0n) is 24.4. The third kappa shape index (κ3) is 5.91. The average Bonchev–Trinajstić information content (AvgIpc) is 3.70. The molecule has 1 radical (unpaired) electrons. The molecule has 215 valence electrons. The maximum Gasteiger partial charge on any atom is 0.121 e. The normalized spacial score (nSPS) is 13.2. The number of nitrogens with zero attached hydrogens (tertiary/aromatic N) is 2. The van der Waals surface area contributed by atoms with Crippen molar-refractivity contribution in [3.63, 3.8) is 0 Å². The molecule has 0 amide bonds. The van der Waals surface area contributed by atoms with E-state index in [4.69, 9.17) is 9.40 Å². The summed E-state index contributed by atoms with van der Waals surface area (Å²) in [7, 11) is 0. The van der Waals surface area contributed by atoms with Gasteiger partial charge in [0.25, 0.3) is 0 Å². The summed E-state index contributed by atoms with van der Waals surface area (Å²) in [6, 6.07) is 38.0. The molecular weight excluding hydrogens is 705 g/mol. The second kappa shape index (κ2) is 12.6. The summed E-state index contributed by atoms with van der Waals surface area (Å²) >= 11 is 0. The second-order valence-electron chi connectivity index (χ2n) is 11.3. The number of furan rings is 1. The van der Waals surface area contributed by atoms with Gasteiger partial charge in [-0.05, 0) is 77.2 Å². The number of aromatic nitrogens is 2. The predicted octanol–water partition coefficient (Wildman–Crippen LogP) is 10.4. The number of pyridine rings is 2. The van der Waals surface area contributed by atoms with Crippen LogP contribution >= 0.6 is 0 Å². The number of rotatable bonds is 3. The largest absolute Gasteiger partial charge is 0.501 e. The van der Waals surface area contributed by atoms with Crippen LogP contribution in [0.5, 0.6) is 0 Å². The van der Waals surface area contributed by atoms with Crippen LogP contribution < -0.4 is 0 Å². The Morgan fingerprint density at radius 1 is 0.767 bits per heavy atom. The Kier molecular flexibility index (Phi) is 8.51. The maximum atomic E-state index is 6.36. The van der Waals surface area contributed by atoms with Crippen LogP contribution in [-0.2, 0) is 20.1 Å². The summed E-state index contributed by atoms with van der Waals surface area (Å²) in [6.07, 6.45) is 9.04. The number of fused-ring (bicyclic) bond motifs is 4. The van der Waals surface area contributed by atoms with Gasteiger partial charge in [-0.15, -0.1) is 53.6 Å². The maximum absolute atomic E-state index is 6.36. The van der Waals surface area contributed by atoms with Gasteiger partial charge in [-0.1, -0.05) is 73.2 Å². The van der Waals surface area contributed by atoms with Gasteiger partial charge >= 0.3 is 0 Å². The van der Waals surface area contributed by atoms with Gasteiger partial charge in [0.15, 0.2) is 0 Å². The zero-order valence-corrected chi connectivity index (χ0v) is 26.8. The first kappa shape index (κ1) is 29.0. The molecule has 1 aliphatic rings. The fourth-order valence-corrected chi connectivity index (χ4v) is 6.21. The number of benzene rings is 4. The van der Waals surface area contributed by atoms with Crippen LogP contribution in [0.1, 0.15) is 48.3 Å². The van der Waals surface area contributed by atoms with Crippen LogP contribution in [0.2, 0.25) is 0 Å². The van der Waals surface area contributed by atoms with Gasteiger partial charge in [-0.2, -0.15) is 0 Å². The SMILES string of the molecule is Cc1[c-]c(-c2nccc3cc(C4CCCC4)ccc23)c2oc3cc(C)ccc3c2c1.[Ir].[c-]1ccccc1-c1ccccn1. The van der Waals surface area contributed by atoms with E-state index in [0.29, 0.717) is 5.92 Å². The van der Waals surface area contributed by atoms with Crippen molar-refractivity contribution < 1.29 is 24.5 Å². The van der Waals surface area contributed by atoms with Crippen molar-refractivity contribution in [1.29, 1.82) is 0 Å². The van der Waals surface area contributed by atoms with E-state index in [1.165, 1.54) is 47.6 Å². The number of hydrogen-bond acceptors (Lipinski definition) is 3. The minimum atomic E-state index is 0. The van der Waals surface area contributed by atoms with Gasteiger partial charge in [0.2, 0.25) is 0 Å². The Morgan fingerprint density at radius 3 is 2.40 bits per heavy atom. The van der Waals surface area contributed by atoms with E-state index in [9.17, 15) is 0 Å². The topological polar surface area (TPSA) is 38.9 Å². The Hall–Kier alpha value is -4.11. The molecule has 4 aromatic carbocycles. The molecule has 1 saturated carbocycles. The van der Waals surface area contributed by atoms with E-state index >= 15 is 0 Å². The molecule has 0 bridgehead atoms. The molecule has 1 fully saturated rings. The van der Waals surface area contributed by atoms with Gasteiger partial charge < -0.3 is 14.4 Å². The molecule has 3 aromatic heterocycles. The monoisotopic (exact) mass is 737 g/mol. The van der Waals surface area contributed by atoms with E-state index in [1.807, 2.05) is 48.7 Å². The minimum absolute atomic E-state index is 0. The molecule has 7 aromatic rings. The van der Waals surface area contributed by atoms with E-state index in [0.717, 1.165) is 50.0 Å². The fourth-order valence-electron chi connectivity index (χ4n) is 6.21. The van der Waals surface area contributed by atoms with Crippen LogP contribution in [0, 0.1) is 26.0 Å². The summed E-state index contributed by atoms with van der Waals surface area (Å²) < 4.78 is 6.36. The van der Waals surface area contributed by atoms with E-state index in [2.05, 4.69) is 79.5 Å². The molecule has 0 aliphatic heterocycles. The van der Waals surface area contributed by atoms with Gasteiger partial charge in [-0.3, -0.25) is 0 Å². The number of hydrogen-bond donors (Lipinski definition) is 0. The van der Waals surface area contributed by atoms with Crippen molar-refractivity contribution >= 4 is 32.7 Å². The van der Waals surface area contributed by atoms with E-state index < -0.39 is 0 Å². The van der Waals surface area contributed by atoms with Crippen molar-refractivity contribution in [2.24, 2.45) is 0 Å². The zero-order chi connectivity index (χ0) is 28.5. The Labute approximate surface area is 266 Å².